The molecule has 5 rings (SSSR count). The third-order valence-corrected chi connectivity index (χ3v) is 8.16. The topological polar surface area (TPSA) is 80.5 Å². The Labute approximate surface area is 242 Å². The van der Waals surface area contributed by atoms with Crippen molar-refractivity contribution in [1.82, 2.24) is 14.8 Å². The molecule has 9 heteroatoms. The summed E-state index contributed by atoms with van der Waals surface area (Å²) in [5.74, 6) is 0.0943. The van der Waals surface area contributed by atoms with Crippen molar-refractivity contribution in [3.8, 4) is 0 Å². The number of carbonyl (C=O) groups is 1. The lowest BCUT2D eigenvalue weighted by molar-refractivity contribution is -0.136. The maximum Gasteiger partial charge on any atom is 0.307 e. The van der Waals surface area contributed by atoms with Crippen LogP contribution in [-0.4, -0.2) is 32.4 Å². The summed E-state index contributed by atoms with van der Waals surface area (Å²) < 4.78 is 2.05. The lowest BCUT2D eigenvalue weighted by Gasteiger charge is -2.24. The van der Waals surface area contributed by atoms with Crippen LogP contribution in [-0.2, 0) is 42.5 Å². The zero-order valence-corrected chi connectivity index (χ0v) is 23.8. The van der Waals surface area contributed by atoms with Crippen molar-refractivity contribution in [2.24, 2.45) is 7.05 Å². The molecule has 0 radical (unpaired) electrons. The molecule has 0 fully saturated rings. The van der Waals surface area contributed by atoms with E-state index in [1.54, 1.807) is 23.1 Å². The molecule has 0 atom stereocenters. The van der Waals surface area contributed by atoms with Crippen LogP contribution in [0, 0.1) is 0 Å². The first-order chi connectivity index (χ1) is 19.5. The second-order valence-corrected chi connectivity index (χ2v) is 11.2. The Morgan fingerprint density at radius 1 is 0.925 bits per heavy atom. The maximum atomic E-state index is 11.1. The summed E-state index contributed by atoms with van der Waals surface area (Å²) in [5.41, 5.74) is 5.17. The Bertz CT molecular complexity index is 1500. The minimum Gasteiger partial charge on any atom is -0.481 e. The van der Waals surface area contributed by atoms with E-state index >= 15 is 0 Å². The predicted octanol–water partition coefficient (Wildman–Crippen LogP) is 6.43. The number of hydrogen-bond donors (Lipinski definition) is 1. The number of aliphatic carboxylic acids is 1. The molecular formula is C31H30N4O3S2. The van der Waals surface area contributed by atoms with E-state index in [0.717, 1.165) is 45.5 Å². The van der Waals surface area contributed by atoms with Gasteiger partial charge in [0.2, 0.25) is 0 Å². The highest BCUT2D eigenvalue weighted by Crippen LogP contribution is 2.28. The van der Waals surface area contributed by atoms with Crippen molar-refractivity contribution < 1.29 is 14.7 Å². The van der Waals surface area contributed by atoms with Crippen LogP contribution in [0.4, 0.5) is 5.69 Å². The van der Waals surface area contributed by atoms with E-state index in [4.69, 9.17) is 9.94 Å². The van der Waals surface area contributed by atoms with E-state index in [9.17, 15) is 4.79 Å². The molecule has 204 valence electrons. The molecular weight excluding hydrogens is 541 g/mol. The molecule has 5 aromatic rings. The molecule has 0 amide bonds. The second kappa shape index (κ2) is 13.4. The Hall–Kier alpha value is -3.92. The first kappa shape index (κ1) is 27.6. The van der Waals surface area contributed by atoms with Crippen molar-refractivity contribution in [2.75, 3.05) is 11.7 Å². The molecule has 2 aromatic heterocycles. The number of rotatable bonds is 13. The molecule has 40 heavy (non-hydrogen) atoms. The van der Waals surface area contributed by atoms with E-state index in [1.807, 2.05) is 59.1 Å². The van der Waals surface area contributed by atoms with Crippen LogP contribution in [0.3, 0.4) is 0 Å². The van der Waals surface area contributed by atoms with Gasteiger partial charge in [-0.3, -0.25) is 9.63 Å². The van der Waals surface area contributed by atoms with Gasteiger partial charge in [-0.2, -0.15) is 11.3 Å². The average molecular weight is 571 g/mol. The first-order valence-corrected chi connectivity index (χ1v) is 14.7. The number of hydroxylamine groups is 1. The normalized spacial score (nSPS) is 11.0. The van der Waals surface area contributed by atoms with Gasteiger partial charge in [-0.15, -0.1) is 10.2 Å². The minimum absolute atomic E-state index is 0.00470. The molecule has 2 heterocycles. The number of hydrogen-bond acceptors (Lipinski definition) is 7. The van der Waals surface area contributed by atoms with E-state index in [0.29, 0.717) is 13.2 Å². The van der Waals surface area contributed by atoms with Gasteiger partial charge in [-0.1, -0.05) is 54.6 Å². The van der Waals surface area contributed by atoms with Gasteiger partial charge in [0.1, 0.15) is 5.82 Å². The molecule has 0 bridgehead atoms. The van der Waals surface area contributed by atoms with Crippen LogP contribution in [0.5, 0.6) is 0 Å². The van der Waals surface area contributed by atoms with Crippen molar-refractivity contribution in [3.05, 3.63) is 124 Å². The fourth-order valence-electron chi connectivity index (χ4n) is 4.18. The monoisotopic (exact) mass is 570 g/mol. The van der Waals surface area contributed by atoms with Gasteiger partial charge >= 0.3 is 5.97 Å². The van der Waals surface area contributed by atoms with Crippen molar-refractivity contribution in [3.63, 3.8) is 0 Å². The highest BCUT2D eigenvalue weighted by molar-refractivity contribution is 7.99. The molecule has 0 aliphatic heterocycles. The molecule has 3 aromatic carbocycles. The van der Waals surface area contributed by atoms with Gasteiger partial charge in [-0.05, 0) is 81.5 Å². The lowest BCUT2D eigenvalue weighted by atomic mass is 10.1. The fourth-order valence-corrected chi connectivity index (χ4v) is 5.66. The Balaban J connectivity index is 1.25. The zero-order chi connectivity index (χ0) is 27.7. The Kier molecular flexibility index (Phi) is 9.28. The van der Waals surface area contributed by atoms with E-state index in [1.165, 1.54) is 11.1 Å². The van der Waals surface area contributed by atoms with Gasteiger partial charge in [0.15, 0.2) is 5.16 Å². The third-order valence-electron chi connectivity index (χ3n) is 6.39. The summed E-state index contributed by atoms with van der Waals surface area (Å²) >= 11 is 3.28. The highest BCUT2D eigenvalue weighted by Gasteiger charge is 2.13. The van der Waals surface area contributed by atoms with Gasteiger partial charge < -0.3 is 9.67 Å². The number of aromatic nitrogens is 3. The average Bonchev–Trinajstić information content (AvgIpc) is 3.60. The maximum absolute atomic E-state index is 11.1. The third kappa shape index (κ3) is 7.59. The largest absolute Gasteiger partial charge is 0.481 e. The number of carboxylic acid groups (broad SMARTS) is 1. The van der Waals surface area contributed by atoms with E-state index in [-0.39, 0.29) is 6.42 Å². The van der Waals surface area contributed by atoms with Gasteiger partial charge in [-0.25, -0.2) is 5.06 Å². The summed E-state index contributed by atoms with van der Waals surface area (Å²) in [4.78, 5) is 18.4. The van der Waals surface area contributed by atoms with E-state index < -0.39 is 5.97 Å². The summed E-state index contributed by atoms with van der Waals surface area (Å²) in [6.07, 6.45) is 1.55. The van der Waals surface area contributed by atoms with Gasteiger partial charge in [0.25, 0.3) is 0 Å². The van der Waals surface area contributed by atoms with Crippen LogP contribution in [0.25, 0.3) is 0 Å². The highest BCUT2D eigenvalue weighted by atomic mass is 32.2. The van der Waals surface area contributed by atoms with Crippen molar-refractivity contribution >= 4 is 34.8 Å². The zero-order valence-electron chi connectivity index (χ0n) is 22.1. The predicted molar refractivity (Wildman–Crippen MR) is 159 cm³/mol. The van der Waals surface area contributed by atoms with Gasteiger partial charge in [0, 0.05) is 18.4 Å². The van der Waals surface area contributed by atoms with Crippen LogP contribution in [0.2, 0.25) is 0 Å². The SMILES string of the molecule is Cn1c(Cc2ccsc2)nnc1Sc1ccc(CN(OCCc2ccccc2)c2ccc(CC(=O)O)cc2)cc1. The number of benzene rings is 3. The van der Waals surface area contributed by atoms with E-state index in [2.05, 4.69) is 63.4 Å². The number of nitrogens with zero attached hydrogens (tertiary/aromatic N) is 4. The lowest BCUT2D eigenvalue weighted by Crippen LogP contribution is -2.24. The summed E-state index contributed by atoms with van der Waals surface area (Å²) in [7, 11) is 2.00. The van der Waals surface area contributed by atoms with Crippen molar-refractivity contribution in [1.29, 1.82) is 0 Å². The Morgan fingerprint density at radius 2 is 1.68 bits per heavy atom. The molecule has 1 N–H and O–H groups in total. The standard InChI is InChI=1S/C31H30N4O3S2/c1-34-29(19-26-16-18-39-22-26)32-33-31(34)40-28-13-9-25(10-14-28)21-35(38-17-15-23-5-3-2-4-6-23)27-11-7-24(8-12-27)20-30(36)37/h2-14,16,18,22H,15,17,19-21H2,1H3,(H,36,37). The molecule has 7 nitrogen and oxygen atoms in total. The quantitative estimate of drug-likeness (QED) is 0.164. The first-order valence-electron chi connectivity index (χ1n) is 12.9. The smallest absolute Gasteiger partial charge is 0.307 e. The van der Waals surface area contributed by atoms with Crippen LogP contribution in [0.1, 0.15) is 28.1 Å². The molecule has 0 saturated carbocycles. The summed E-state index contributed by atoms with van der Waals surface area (Å²) in [6.45, 7) is 1.07. The Morgan fingerprint density at radius 3 is 2.38 bits per heavy atom. The molecule has 0 saturated heterocycles. The number of anilines is 1. The number of carboxylic acids is 1. The molecule has 0 aliphatic rings. The second-order valence-electron chi connectivity index (χ2n) is 9.35. The molecule has 0 aliphatic carbocycles. The van der Waals surface area contributed by atoms with Crippen LogP contribution >= 0.6 is 23.1 Å². The summed E-state index contributed by atoms with van der Waals surface area (Å²) in [5, 5.41) is 24.8. The summed E-state index contributed by atoms with van der Waals surface area (Å²) in [6, 6.07) is 28.2. The minimum atomic E-state index is -0.846. The number of thiophene rings is 1. The molecule has 0 spiro atoms. The van der Waals surface area contributed by atoms with Gasteiger partial charge in [0.05, 0.1) is 25.3 Å². The van der Waals surface area contributed by atoms with Crippen LogP contribution < -0.4 is 5.06 Å². The molecule has 0 unspecified atom stereocenters. The fraction of sp³-hybridized carbons (Fsp3) is 0.194. The van der Waals surface area contributed by atoms with Crippen molar-refractivity contribution in [2.45, 2.75) is 35.9 Å². The van der Waals surface area contributed by atoms with Crippen LogP contribution in [0.15, 0.2) is 106 Å².